The number of fused-ring (bicyclic) bond motifs is 2. The third-order valence-electron chi connectivity index (χ3n) is 4.79. The van der Waals surface area contributed by atoms with Gasteiger partial charge in [0.25, 0.3) is 0 Å². The van der Waals surface area contributed by atoms with Crippen LogP contribution in [0.5, 0.6) is 0 Å². The van der Waals surface area contributed by atoms with Gasteiger partial charge in [-0.25, -0.2) is 0 Å². The van der Waals surface area contributed by atoms with Crippen LogP contribution in [-0.2, 0) is 17.8 Å². The Labute approximate surface area is 124 Å². The molecule has 1 heterocycles. The van der Waals surface area contributed by atoms with Gasteiger partial charge in [0.2, 0.25) is 5.89 Å². The van der Waals surface area contributed by atoms with E-state index in [0.717, 1.165) is 31.5 Å². The number of aromatic nitrogens is 2. The van der Waals surface area contributed by atoms with E-state index >= 15 is 0 Å². The molecule has 2 saturated carbocycles. The molecule has 0 spiro atoms. The summed E-state index contributed by atoms with van der Waals surface area (Å²) in [6.07, 6.45) is 4.03. The molecule has 116 valence electrons. The molecule has 0 radical (unpaired) electrons. The molecule has 4 atom stereocenters. The molecule has 2 fully saturated rings. The molecule has 1 aromatic rings. The van der Waals surface area contributed by atoms with Gasteiger partial charge >= 0.3 is 5.97 Å². The molecule has 2 N–H and O–H groups in total. The van der Waals surface area contributed by atoms with E-state index < -0.39 is 5.97 Å². The molecule has 4 unspecified atom stereocenters. The van der Waals surface area contributed by atoms with Crippen molar-refractivity contribution in [2.24, 2.45) is 23.7 Å². The molecular weight excluding hydrogens is 270 g/mol. The quantitative estimate of drug-likeness (QED) is 0.832. The number of carboxylic acid groups (broad SMARTS) is 1. The number of hydrogen-bond donors (Lipinski definition) is 2. The number of nitrogens with zero attached hydrogens (tertiary/aromatic N) is 2. The predicted molar refractivity (Wildman–Crippen MR) is 75.4 cm³/mol. The fourth-order valence-electron chi connectivity index (χ4n) is 3.96. The summed E-state index contributed by atoms with van der Waals surface area (Å²) in [5.41, 5.74) is 0. The minimum absolute atomic E-state index is 0.0432. The monoisotopic (exact) mass is 293 g/mol. The average Bonchev–Trinajstić information content (AvgIpc) is 3.09. The molecule has 2 aliphatic rings. The van der Waals surface area contributed by atoms with Crippen molar-refractivity contribution in [1.82, 2.24) is 15.5 Å². The minimum atomic E-state index is -0.675. The van der Waals surface area contributed by atoms with E-state index in [0.29, 0.717) is 30.2 Å². The SMILES string of the molecule is CC(C)Cc1noc(CNC2C3CCC(C3)C2C(=O)O)n1. The van der Waals surface area contributed by atoms with Crippen LogP contribution in [0.15, 0.2) is 4.52 Å². The third-order valence-corrected chi connectivity index (χ3v) is 4.79. The smallest absolute Gasteiger partial charge is 0.308 e. The van der Waals surface area contributed by atoms with Crippen molar-refractivity contribution < 1.29 is 14.4 Å². The van der Waals surface area contributed by atoms with Crippen LogP contribution in [0, 0.1) is 23.7 Å². The molecule has 0 aliphatic heterocycles. The van der Waals surface area contributed by atoms with Crippen LogP contribution in [0.25, 0.3) is 0 Å². The zero-order chi connectivity index (χ0) is 15.0. The molecular formula is C15H23N3O3. The first kappa shape index (κ1) is 14.5. The number of carboxylic acids is 1. The fourth-order valence-corrected chi connectivity index (χ4v) is 3.96. The van der Waals surface area contributed by atoms with Gasteiger partial charge in [-0.1, -0.05) is 19.0 Å². The predicted octanol–water partition coefficient (Wildman–Crippen LogP) is 1.86. The van der Waals surface area contributed by atoms with Crippen molar-refractivity contribution in [3.05, 3.63) is 11.7 Å². The van der Waals surface area contributed by atoms with Crippen LogP contribution in [0.1, 0.15) is 44.8 Å². The van der Waals surface area contributed by atoms with Crippen molar-refractivity contribution in [3.63, 3.8) is 0 Å². The van der Waals surface area contributed by atoms with Gasteiger partial charge < -0.3 is 14.9 Å². The number of nitrogens with one attached hydrogen (secondary N) is 1. The zero-order valence-electron chi connectivity index (χ0n) is 12.6. The number of rotatable bonds is 6. The van der Waals surface area contributed by atoms with Gasteiger partial charge in [0, 0.05) is 12.5 Å². The van der Waals surface area contributed by atoms with Crippen LogP contribution in [0.3, 0.4) is 0 Å². The van der Waals surface area contributed by atoms with Crippen LogP contribution in [0.2, 0.25) is 0 Å². The minimum Gasteiger partial charge on any atom is -0.481 e. The summed E-state index contributed by atoms with van der Waals surface area (Å²) in [6, 6.07) is 0.0432. The lowest BCUT2D eigenvalue weighted by Crippen LogP contribution is -2.43. The third kappa shape index (κ3) is 2.95. The van der Waals surface area contributed by atoms with E-state index in [-0.39, 0.29) is 12.0 Å². The summed E-state index contributed by atoms with van der Waals surface area (Å²) >= 11 is 0. The Morgan fingerprint density at radius 3 is 2.90 bits per heavy atom. The summed E-state index contributed by atoms with van der Waals surface area (Å²) in [7, 11) is 0. The maximum atomic E-state index is 11.4. The lowest BCUT2D eigenvalue weighted by atomic mass is 9.84. The Kier molecular flexibility index (Phi) is 3.97. The normalized spacial score (nSPS) is 31.2. The van der Waals surface area contributed by atoms with Crippen molar-refractivity contribution in [1.29, 1.82) is 0 Å². The van der Waals surface area contributed by atoms with Gasteiger partial charge in [-0.05, 0) is 37.0 Å². The van der Waals surface area contributed by atoms with Crippen molar-refractivity contribution in [3.8, 4) is 0 Å². The van der Waals surface area contributed by atoms with Crippen molar-refractivity contribution >= 4 is 5.97 Å². The van der Waals surface area contributed by atoms with Gasteiger partial charge in [-0.15, -0.1) is 0 Å². The van der Waals surface area contributed by atoms with Crippen LogP contribution in [-0.4, -0.2) is 27.3 Å². The van der Waals surface area contributed by atoms with Crippen LogP contribution >= 0.6 is 0 Å². The summed E-state index contributed by atoms with van der Waals surface area (Å²) in [5, 5.41) is 16.7. The summed E-state index contributed by atoms with van der Waals surface area (Å²) in [5.74, 6) is 1.65. The molecule has 2 aliphatic carbocycles. The van der Waals surface area contributed by atoms with Gasteiger partial charge in [-0.2, -0.15) is 4.98 Å². The Morgan fingerprint density at radius 1 is 1.43 bits per heavy atom. The van der Waals surface area contributed by atoms with E-state index in [9.17, 15) is 9.90 Å². The van der Waals surface area contributed by atoms with E-state index in [1.54, 1.807) is 0 Å². The van der Waals surface area contributed by atoms with E-state index in [4.69, 9.17) is 4.52 Å². The van der Waals surface area contributed by atoms with Gasteiger partial charge in [0.05, 0.1) is 12.5 Å². The topological polar surface area (TPSA) is 88.2 Å². The number of aliphatic carboxylic acids is 1. The first-order valence-electron chi connectivity index (χ1n) is 7.82. The summed E-state index contributed by atoms with van der Waals surface area (Å²) < 4.78 is 5.23. The first-order chi connectivity index (χ1) is 10.0. The molecule has 2 bridgehead atoms. The second kappa shape index (κ2) is 5.75. The Morgan fingerprint density at radius 2 is 2.19 bits per heavy atom. The van der Waals surface area contributed by atoms with Crippen molar-refractivity contribution in [2.45, 2.75) is 52.1 Å². The highest BCUT2D eigenvalue weighted by molar-refractivity contribution is 5.72. The summed E-state index contributed by atoms with van der Waals surface area (Å²) in [4.78, 5) is 15.8. The Bertz CT molecular complexity index is 514. The highest BCUT2D eigenvalue weighted by atomic mass is 16.5. The Balaban J connectivity index is 1.59. The van der Waals surface area contributed by atoms with Gasteiger partial charge in [-0.3, -0.25) is 4.79 Å². The highest BCUT2D eigenvalue weighted by Crippen LogP contribution is 2.48. The lowest BCUT2D eigenvalue weighted by Gasteiger charge is -2.28. The first-order valence-corrected chi connectivity index (χ1v) is 7.82. The molecule has 3 rings (SSSR count). The zero-order valence-corrected chi connectivity index (χ0v) is 12.6. The van der Waals surface area contributed by atoms with Crippen LogP contribution in [0.4, 0.5) is 0 Å². The van der Waals surface area contributed by atoms with Gasteiger partial charge in [0.1, 0.15) is 0 Å². The summed E-state index contributed by atoms with van der Waals surface area (Å²) in [6.45, 7) is 4.69. The average molecular weight is 293 g/mol. The molecule has 6 nitrogen and oxygen atoms in total. The fraction of sp³-hybridized carbons (Fsp3) is 0.800. The second-order valence-electron chi connectivity index (χ2n) is 6.81. The second-order valence-corrected chi connectivity index (χ2v) is 6.81. The van der Waals surface area contributed by atoms with Gasteiger partial charge in [0.15, 0.2) is 5.82 Å². The Hall–Kier alpha value is -1.43. The number of carbonyl (C=O) groups is 1. The largest absolute Gasteiger partial charge is 0.481 e. The molecule has 0 saturated heterocycles. The maximum Gasteiger partial charge on any atom is 0.308 e. The highest BCUT2D eigenvalue weighted by Gasteiger charge is 2.50. The maximum absolute atomic E-state index is 11.4. The van der Waals surface area contributed by atoms with E-state index in [1.807, 2.05) is 0 Å². The standard InChI is InChI=1S/C15H23N3O3/c1-8(2)5-11-17-12(21-18-11)7-16-14-10-4-3-9(6-10)13(14)15(19)20/h8-10,13-14,16H,3-7H2,1-2H3,(H,19,20). The van der Waals surface area contributed by atoms with E-state index in [2.05, 4.69) is 29.3 Å². The van der Waals surface area contributed by atoms with Crippen LogP contribution < -0.4 is 5.32 Å². The molecule has 21 heavy (non-hydrogen) atoms. The molecule has 0 aromatic carbocycles. The lowest BCUT2D eigenvalue weighted by molar-refractivity contribution is -0.144. The van der Waals surface area contributed by atoms with E-state index in [1.165, 1.54) is 0 Å². The number of hydrogen-bond acceptors (Lipinski definition) is 5. The molecule has 1 aromatic heterocycles. The van der Waals surface area contributed by atoms with Crippen molar-refractivity contribution in [2.75, 3.05) is 0 Å². The molecule has 6 heteroatoms. The molecule has 0 amide bonds.